The number of carbonyl (C=O) groups excluding carboxylic acids is 1. The molecule has 0 atom stereocenters. The molecule has 19 heavy (non-hydrogen) atoms. The standard InChI is InChI=1S/C14H12BrN3O/c15-8-3-7(4-13(17)19)14-11(5-8)10-2-1-9(16)6-12(10)18-14/h1-3,5-6,18H,4,16H2,(H2,17,19). The molecule has 5 heteroatoms. The van der Waals surface area contributed by atoms with Gasteiger partial charge in [-0.05, 0) is 29.8 Å². The number of hydrogen-bond donors (Lipinski definition) is 3. The number of carbonyl (C=O) groups is 1. The number of nitrogen functional groups attached to an aromatic ring is 1. The number of nitrogens with one attached hydrogen (secondary N) is 1. The van der Waals surface area contributed by atoms with Crippen LogP contribution in [0.3, 0.4) is 0 Å². The highest BCUT2D eigenvalue weighted by atomic mass is 79.9. The third-order valence-electron chi connectivity index (χ3n) is 3.14. The summed E-state index contributed by atoms with van der Waals surface area (Å²) in [4.78, 5) is 14.5. The molecule has 0 saturated heterocycles. The summed E-state index contributed by atoms with van der Waals surface area (Å²) in [5, 5.41) is 2.14. The molecule has 2 aromatic carbocycles. The van der Waals surface area contributed by atoms with Crippen molar-refractivity contribution in [3.63, 3.8) is 0 Å². The summed E-state index contributed by atoms with van der Waals surface area (Å²) in [6, 6.07) is 9.66. The molecule has 0 radical (unpaired) electrons. The van der Waals surface area contributed by atoms with Gasteiger partial charge in [-0.3, -0.25) is 4.79 Å². The quantitative estimate of drug-likeness (QED) is 0.635. The fraction of sp³-hybridized carbons (Fsp3) is 0.0714. The van der Waals surface area contributed by atoms with Gasteiger partial charge in [0.05, 0.1) is 11.9 Å². The molecule has 5 N–H and O–H groups in total. The van der Waals surface area contributed by atoms with Gasteiger partial charge in [0.15, 0.2) is 0 Å². The van der Waals surface area contributed by atoms with Gasteiger partial charge in [-0.2, -0.15) is 0 Å². The number of anilines is 1. The second kappa shape index (κ2) is 4.28. The fourth-order valence-electron chi connectivity index (χ4n) is 2.39. The molecule has 3 aromatic rings. The van der Waals surface area contributed by atoms with E-state index in [0.29, 0.717) is 5.69 Å². The lowest BCUT2D eigenvalue weighted by atomic mass is 10.1. The Morgan fingerprint density at radius 2 is 2.00 bits per heavy atom. The summed E-state index contributed by atoms with van der Waals surface area (Å²) in [7, 11) is 0. The Morgan fingerprint density at radius 3 is 2.74 bits per heavy atom. The lowest BCUT2D eigenvalue weighted by Gasteiger charge is -2.02. The van der Waals surface area contributed by atoms with Crippen LogP contribution in [0.1, 0.15) is 5.56 Å². The molecule has 1 heterocycles. The largest absolute Gasteiger partial charge is 0.399 e. The fourth-order valence-corrected chi connectivity index (χ4v) is 2.89. The molecule has 0 aliphatic heterocycles. The molecule has 3 rings (SSSR count). The zero-order chi connectivity index (χ0) is 13.6. The van der Waals surface area contributed by atoms with Crippen LogP contribution in [0.2, 0.25) is 0 Å². The summed E-state index contributed by atoms with van der Waals surface area (Å²) in [6.45, 7) is 0. The van der Waals surface area contributed by atoms with Crippen molar-refractivity contribution in [3.05, 3.63) is 40.4 Å². The highest BCUT2D eigenvalue weighted by Crippen LogP contribution is 2.31. The minimum atomic E-state index is -0.349. The Labute approximate surface area is 117 Å². The number of amides is 1. The minimum Gasteiger partial charge on any atom is -0.399 e. The number of rotatable bonds is 2. The van der Waals surface area contributed by atoms with Gasteiger partial charge in [-0.1, -0.05) is 22.0 Å². The van der Waals surface area contributed by atoms with Crippen LogP contribution in [0.5, 0.6) is 0 Å². The Kier molecular flexibility index (Phi) is 2.71. The van der Waals surface area contributed by atoms with E-state index < -0.39 is 0 Å². The average Bonchev–Trinajstić information content (AvgIpc) is 2.66. The number of aromatic nitrogens is 1. The Balaban J connectivity index is 2.38. The van der Waals surface area contributed by atoms with Crippen molar-refractivity contribution in [1.29, 1.82) is 0 Å². The van der Waals surface area contributed by atoms with Gasteiger partial charge >= 0.3 is 0 Å². The molecular formula is C14H12BrN3O. The van der Waals surface area contributed by atoms with Crippen LogP contribution in [-0.2, 0) is 11.2 Å². The molecule has 0 bridgehead atoms. The van der Waals surface area contributed by atoms with Gasteiger partial charge in [0, 0.05) is 26.4 Å². The minimum absolute atomic E-state index is 0.207. The molecule has 96 valence electrons. The lowest BCUT2D eigenvalue weighted by molar-refractivity contribution is -0.117. The van der Waals surface area contributed by atoms with Gasteiger partial charge < -0.3 is 16.5 Å². The Hall–Kier alpha value is -2.01. The lowest BCUT2D eigenvalue weighted by Crippen LogP contribution is -2.13. The van der Waals surface area contributed by atoms with Crippen molar-refractivity contribution in [2.45, 2.75) is 6.42 Å². The van der Waals surface area contributed by atoms with Gasteiger partial charge in [0.2, 0.25) is 5.91 Å². The highest BCUT2D eigenvalue weighted by Gasteiger charge is 2.11. The van der Waals surface area contributed by atoms with Crippen LogP contribution < -0.4 is 11.5 Å². The van der Waals surface area contributed by atoms with Gasteiger partial charge in [0.1, 0.15) is 0 Å². The van der Waals surface area contributed by atoms with Crippen molar-refractivity contribution in [2.24, 2.45) is 5.73 Å². The second-order valence-electron chi connectivity index (χ2n) is 4.56. The number of nitrogens with two attached hydrogens (primary N) is 2. The Bertz CT molecular complexity index is 807. The summed E-state index contributed by atoms with van der Waals surface area (Å²) in [5.74, 6) is -0.349. The molecule has 1 aromatic heterocycles. The molecule has 4 nitrogen and oxygen atoms in total. The number of benzene rings is 2. The number of halogens is 1. The number of hydrogen-bond acceptors (Lipinski definition) is 2. The maximum atomic E-state index is 11.2. The summed E-state index contributed by atoms with van der Waals surface area (Å²) in [6.07, 6.45) is 0.207. The first kappa shape index (κ1) is 12.0. The molecule has 0 saturated carbocycles. The molecule has 0 fully saturated rings. The highest BCUT2D eigenvalue weighted by molar-refractivity contribution is 9.10. The molecular weight excluding hydrogens is 306 g/mol. The van der Waals surface area contributed by atoms with Gasteiger partial charge in [-0.25, -0.2) is 0 Å². The van der Waals surface area contributed by atoms with Crippen LogP contribution >= 0.6 is 15.9 Å². The van der Waals surface area contributed by atoms with E-state index in [-0.39, 0.29) is 12.3 Å². The number of fused-ring (bicyclic) bond motifs is 3. The van der Waals surface area contributed by atoms with Crippen LogP contribution in [0.25, 0.3) is 21.8 Å². The maximum Gasteiger partial charge on any atom is 0.221 e. The van der Waals surface area contributed by atoms with Gasteiger partial charge in [0.25, 0.3) is 0 Å². The summed E-state index contributed by atoms with van der Waals surface area (Å²) in [5.41, 5.74) is 14.6. The van der Waals surface area contributed by atoms with E-state index in [1.807, 2.05) is 30.3 Å². The summed E-state index contributed by atoms with van der Waals surface area (Å²) >= 11 is 3.47. The molecule has 1 amide bonds. The first-order valence-corrected chi connectivity index (χ1v) is 6.61. The van der Waals surface area contributed by atoms with E-state index in [1.54, 1.807) is 0 Å². The normalized spacial score (nSPS) is 11.2. The van der Waals surface area contributed by atoms with E-state index in [2.05, 4.69) is 20.9 Å². The van der Waals surface area contributed by atoms with Gasteiger partial charge in [-0.15, -0.1) is 0 Å². The smallest absolute Gasteiger partial charge is 0.221 e. The van der Waals surface area contributed by atoms with Crippen molar-refractivity contribution in [2.75, 3.05) is 5.73 Å². The number of H-pyrrole nitrogens is 1. The maximum absolute atomic E-state index is 11.2. The van der Waals surface area contributed by atoms with E-state index in [4.69, 9.17) is 11.5 Å². The third-order valence-corrected chi connectivity index (χ3v) is 3.60. The molecule has 0 aliphatic rings. The van der Waals surface area contributed by atoms with E-state index in [1.165, 1.54) is 0 Å². The molecule has 0 unspecified atom stereocenters. The first-order valence-electron chi connectivity index (χ1n) is 5.82. The van der Waals surface area contributed by atoms with E-state index in [9.17, 15) is 4.79 Å². The van der Waals surface area contributed by atoms with Crippen molar-refractivity contribution >= 4 is 49.3 Å². The van der Waals surface area contributed by atoms with E-state index in [0.717, 1.165) is 31.8 Å². The zero-order valence-corrected chi connectivity index (χ0v) is 11.6. The second-order valence-corrected chi connectivity index (χ2v) is 5.48. The summed E-state index contributed by atoms with van der Waals surface area (Å²) < 4.78 is 0.925. The zero-order valence-electron chi connectivity index (χ0n) is 10.0. The van der Waals surface area contributed by atoms with Crippen LogP contribution in [0.4, 0.5) is 5.69 Å². The Morgan fingerprint density at radius 1 is 1.21 bits per heavy atom. The van der Waals surface area contributed by atoms with Crippen molar-refractivity contribution < 1.29 is 4.79 Å². The predicted octanol–water partition coefficient (Wildman–Crippen LogP) is 2.69. The monoisotopic (exact) mass is 317 g/mol. The number of primary amides is 1. The van der Waals surface area contributed by atoms with Crippen molar-refractivity contribution in [3.8, 4) is 0 Å². The van der Waals surface area contributed by atoms with Crippen molar-refractivity contribution in [1.82, 2.24) is 4.98 Å². The predicted molar refractivity (Wildman–Crippen MR) is 80.8 cm³/mol. The topological polar surface area (TPSA) is 84.9 Å². The van der Waals surface area contributed by atoms with E-state index >= 15 is 0 Å². The molecule has 0 spiro atoms. The first-order chi connectivity index (χ1) is 9.04. The van der Waals surface area contributed by atoms with Crippen LogP contribution in [0.15, 0.2) is 34.8 Å². The number of aromatic amines is 1. The average molecular weight is 318 g/mol. The third kappa shape index (κ3) is 2.06. The van der Waals surface area contributed by atoms with Crippen LogP contribution in [-0.4, -0.2) is 10.9 Å². The molecule has 0 aliphatic carbocycles. The SMILES string of the molecule is NC(=O)Cc1cc(Br)cc2c1[nH]c1cc(N)ccc12. The van der Waals surface area contributed by atoms with Crippen LogP contribution in [0, 0.1) is 0 Å².